The maximum absolute atomic E-state index is 13.2. The molecule has 0 saturated heterocycles. The standard InChI is InChI=1S/C8H5ClFNO4/c1-15-8(12)4-2-3-5(9)6(10)7(4)11(13)14/h2-3H,1H3. The monoisotopic (exact) mass is 233 g/mol. The van der Waals surface area contributed by atoms with E-state index in [0.29, 0.717) is 0 Å². The average molecular weight is 234 g/mol. The Labute approximate surface area is 88.6 Å². The maximum Gasteiger partial charge on any atom is 0.345 e. The van der Waals surface area contributed by atoms with Gasteiger partial charge in [-0.05, 0) is 12.1 Å². The Hall–Kier alpha value is -1.69. The van der Waals surface area contributed by atoms with Crippen LogP contribution in [-0.2, 0) is 4.74 Å². The Morgan fingerprint density at radius 1 is 1.60 bits per heavy atom. The minimum absolute atomic E-state index is 0.422. The molecule has 1 aromatic rings. The van der Waals surface area contributed by atoms with Gasteiger partial charge in [0.15, 0.2) is 0 Å². The number of carbonyl (C=O) groups excluding carboxylic acids is 1. The van der Waals surface area contributed by atoms with Crippen LogP contribution in [0.4, 0.5) is 10.1 Å². The highest BCUT2D eigenvalue weighted by Crippen LogP contribution is 2.28. The Kier molecular flexibility index (Phi) is 3.21. The number of rotatable bonds is 2. The van der Waals surface area contributed by atoms with Crippen molar-refractivity contribution < 1.29 is 18.8 Å². The van der Waals surface area contributed by atoms with E-state index in [1.807, 2.05) is 0 Å². The predicted molar refractivity (Wildman–Crippen MR) is 49.4 cm³/mol. The van der Waals surface area contributed by atoms with Gasteiger partial charge in [-0.2, -0.15) is 4.39 Å². The van der Waals surface area contributed by atoms with Gasteiger partial charge in [0.2, 0.25) is 5.82 Å². The number of nitro benzene ring substituents is 1. The second kappa shape index (κ2) is 4.22. The number of nitrogens with zero attached hydrogens (tertiary/aromatic N) is 1. The summed E-state index contributed by atoms with van der Waals surface area (Å²) in [6.07, 6.45) is 0. The third kappa shape index (κ3) is 2.04. The lowest BCUT2D eigenvalue weighted by atomic mass is 10.2. The zero-order valence-corrected chi connectivity index (χ0v) is 8.25. The normalized spacial score (nSPS) is 9.80. The topological polar surface area (TPSA) is 69.4 Å². The molecule has 0 aliphatic carbocycles. The lowest BCUT2D eigenvalue weighted by Gasteiger charge is -2.02. The quantitative estimate of drug-likeness (QED) is 0.446. The Morgan fingerprint density at radius 2 is 2.20 bits per heavy atom. The number of ether oxygens (including phenoxy) is 1. The average Bonchev–Trinajstić information content (AvgIpc) is 2.20. The van der Waals surface area contributed by atoms with Crippen molar-refractivity contribution in [3.05, 3.63) is 38.7 Å². The van der Waals surface area contributed by atoms with Gasteiger partial charge in [0, 0.05) is 0 Å². The molecule has 0 aliphatic heterocycles. The van der Waals surface area contributed by atoms with E-state index in [2.05, 4.69) is 4.74 Å². The summed E-state index contributed by atoms with van der Waals surface area (Å²) in [7, 11) is 1.04. The van der Waals surface area contributed by atoms with Crippen LogP contribution in [0.3, 0.4) is 0 Å². The minimum Gasteiger partial charge on any atom is -0.465 e. The first-order chi connectivity index (χ1) is 6.99. The van der Waals surface area contributed by atoms with Gasteiger partial charge in [0.1, 0.15) is 5.56 Å². The highest BCUT2D eigenvalue weighted by molar-refractivity contribution is 6.31. The summed E-state index contributed by atoms with van der Waals surface area (Å²) >= 11 is 5.35. The number of methoxy groups -OCH3 is 1. The van der Waals surface area contributed by atoms with Crippen LogP contribution in [0.5, 0.6) is 0 Å². The summed E-state index contributed by atoms with van der Waals surface area (Å²) in [5.41, 5.74) is -1.45. The summed E-state index contributed by atoms with van der Waals surface area (Å²) in [5.74, 6) is -2.23. The number of carbonyl (C=O) groups is 1. The molecular formula is C8H5ClFNO4. The molecule has 0 saturated carbocycles. The van der Waals surface area contributed by atoms with E-state index in [9.17, 15) is 19.3 Å². The van der Waals surface area contributed by atoms with E-state index in [4.69, 9.17) is 11.6 Å². The summed E-state index contributed by atoms with van der Waals surface area (Å²) in [4.78, 5) is 20.6. The van der Waals surface area contributed by atoms with E-state index in [1.54, 1.807) is 0 Å². The van der Waals surface area contributed by atoms with Crippen molar-refractivity contribution in [1.29, 1.82) is 0 Å². The molecule has 7 heteroatoms. The van der Waals surface area contributed by atoms with E-state index in [0.717, 1.165) is 19.2 Å². The Balaban J connectivity index is 3.46. The lowest BCUT2D eigenvalue weighted by molar-refractivity contribution is -0.387. The molecular weight excluding hydrogens is 229 g/mol. The number of hydrogen-bond donors (Lipinski definition) is 0. The summed E-state index contributed by atoms with van der Waals surface area (Å²) in [5, 5.41) is 10.1. The van der Waals surface area contributed by atoms with Gasteiger partial charge in [-0.3, -0.25) is 10.1 Å². The molecule has 0 amide bonds. The van der Waals surface area contributed by atoms with Gasteiger partial charge in [-0.15, -0.1) is 0 Å². The molecule has 1 aromatic carbocycles. The van der Waals surface area contributed by atoms with Crippen LogP contribution < -0.4 is 0 Å². The number of halogens is 2. The Bertz CT molecular complexity index is 435. The molecule has 0 N–H and O–H groups in total. The van der Waals surface area contributed by atoms with Crippen LogP contribution in [0.25, 0.3) is 0 Å². The zero-order valence-electron chi connectivity index (χ0n) is 7.49. The van der Waals surface area contributed by atoms with E-state index in [-0.39, 0.29) is 0 Å². The molecule has 0 bridgehead atoms. The molecule has 1 rings (SSSR count). The van der Waals surface area contributed by atoms with Gasteiger partial charge in [-0.1, -0.05) is 11.6 Å². The molecule has 0 aromatic heterocycles. The largest absolute Gasteiger partial charge is 0.465 e. The van der Waals surface area contributed by atoms with Crippen molar-refractivity contribution in [3.63, 3.8) is 0 Å². The number of benzene rings is 1. The summed E-state index contributed by atoms with van der Waals surface area (Å²) in [6.45, 7) is 0. The first kappa shape index (κ1) is 11.4. The maximum atomic E-state index is 13.2. The van der Waals surface area contributed by atoms with Crippen molar-refractivity contribution >= 4 is 23.3 Å². The van der Waals surface area contributed by atoms with Crippen LogP contribution in [0, 0.1) is 15.9 Å². The van der Waals surface area contributed by atoms with Crippen molar-refractivity contribution in [2.45, 2.75) is 0 Å². The number of esters is 1. The molecule has 0 atom stereocenters. The van der Waals surface area contributed by atoms with Crippen molar-refractivity contribution in [2.75, 3.05) is 7.11 Å². The fraction of sp³-hybridized carbons (Fsp3) is 0.125. The molecule has 5 nitrogen and oxygen atoms in total. The molecule has 0 heterocycles. The highest BCUT2D eigenvalue weighted by atomic mass is 35.5. The van der Waals surface area contributed by atoms with Crippen LogP contribution in [-0.4, -0.2) is 18.0 Å². The fourth-order valence-corrected chi connectivity index (χ4v) is 1.15. The third-order valence-corrected chi connectivity index (χ3v) is 1.95. The molecule has 0 radical (unpaired) electrons. The van der Waals surface area contributed by atoms with Gasteiger partial charge < -0.3 is 4.74 Å². The van der Waals surface area contributed by atoms with Crippen molar-refractivity contribution in [3.8, 4) is 0 Å². The van der Waals surface area contributed by atoms with E-state index in [1.165, 1.54) is 0 Å². The minimum atomic E-state index is -1.25. The molecule has 0 unspecified atom stereocenters. The first-order valence-corrected chi connectivity index (χ1v) is 4.07. The van der Waals surface area contributed by atoms with Crippen molar-refractivity contribution in [2.24, 2.45) is 0 Å². The molecule has 0 spiro atoms. The summed E-state index contributed by atoms with van der Waals surface area (Å²) in [6, 6.07) is 2.09. The van der Waals surface area contributed by atoms with Crippen LogP contribution in [0.2, 0.25) is 5.02 Å². The van der Waals surface area contributed by atoms with Gasteiger partial charge in [-0.25, -0.2) is 4.79 Å². The van der Waals surface area contributed by atoms with Crippen LogP contribution in [0.15, 0.2) is 12.1 Å². The summed E-state index contributed by atoms with van der Waals surface area (Å²) < 4.78 is 17.5. The van der Waals surface area contributed by atoms with Gasteiger partial charge in [0.25, 0.3) is 0 Å². The molecule has 80 valence electrons. The van der Waals surface area contributed by atoms with Crippen molar-refractivity contribution in [1.82, 2.24) is 0 Å². The van der Waals surface area contributed by atoms with Gasteiger partial charge in [0.05, 0.1) is 17.1 Å². The zero-order chi connectivity index (χ0) is 11.6. The lowest BCUT2D eigenvalue weighted by Crippen LogP contribution is -2.07. The molecule has 0 fully saturated rings. The van der Waals surface area contributed by atoms with Crippen LogP contribution in [0.1, 0.15) is 10.4 Å². The SMILES string of the molecule is COC(=O)c1ccc(Cl)c(F)c1[N+](=O)[O-]. The number of hydrogen-bond acceptors (Lipinski definition) is 4. The smallest absolute Gasteiger partial charge is 0.345 e. The second-order valence-corrected chi connectivity index (χ2v) is 2.91. The molecule has 15 heavy (non-hydrogen) atoms. The van der Waals surface area contributed by atoms with E-state index >= 15 is 0 Å². The fourth-order valence-electron chi connectivity index (χ4n) is 0.993. The predicted octanol–water partition coefficient (Wildman–Crippen LogP) is 2.17. The third-order valence-electron chi connectivity index (χ3n) is 1.66. The Morgan fingerprint density at radius 3 is 2.67 bits per heavy atom. The number of nitro groups is 1. The van der Waals surface area contributed by atoms with E-state index < -0.39 is 33.0 Å². The first-order valence-electron chi connectivity index (χ1n) is 3.69. The molecule has 0 aliphatic rings. The highest BCUT2D eigenvalue weighted by Gasteiger charge is 2.27. The van der Waals surface area contributed by atoms with Crippen LogP contribution >= 0.6 is 11.6 Å². The van der Waals surface area contributed by atoms with Gasteiger partial charge >= 0.3 is 11.7 Å². The second-order valence-electron chi connectivity index (χ2n) is 2.51.